The predicted octanol–water partition coefficient (Wildman–Crippen LogP) is 19.5. The second-order valence-electron chi connectivity index (χ2n) is 41.2. The Bertz CT molecular complexity index is 7710. The normalized spacial score (nSPS) is 14.4. The zero-order valence-electron chi connectivity index (χ0n) is 86.9. The molecule has 0 radical (unpaired) electrons. The van der Waals surface area contributed by atoms with E-state index in [1.54, 1.807) is 24.3 Å². The predicted molar refractivity (Wildman–Crippen MR) is 568 cm³/mol. The number of nitrogens with zero attached hydrogens (tertiary/aromatic N) is 26. The third kappa shape index (κ3) is 24.3. The first-order chi connectivity index (χ1) is 70.8. The number of terminal acetylenes is 1. The summed E-state index contributed by atoms with van der Waals surface area (Å²) in [5.41, 5.74) is 13.1. The van der Waals surface area contributed by atoms with E-state index in [1.165, 1.54) is 41.0 Å². The SMILES string of the molecule is C#CCN(C)CCN1CCc2nc(Nc3ncc(F)c(-c4cc(F)c5nc(C)n(C(C)C)c5c4)n3)ccc2C1.Cc1nc2c(F)cc(-c3nc(Nc4ccc5c(n4)CCN(CCCN(C)C)C5)ncc3F)cc2n1C1CC1.Cc1nc2c(F)cc(-c3nc(Nc4ccc5c(n4)CCN(CCN(C)C)C5)ncc3F)cc2n1C(C)(C)C.Cc1nc2c(F)cc(-c3nc(Nc4ccc5c(n4)CCNC5)ncc3F)cc2n1C(C)(C)C.Cl. The fourth-order valence-corrected chi connectivity index (χ4v) is 19.8. The summed E-state index contributed by atoms with van der Waals surface area (Å²) < 4.78 is 127. The lowest BCUT2D eigenvalue weighted by Gasteiger charge is -2.29. The number of anilines is 8. The number of likely N-dealkylation sites (N-methyl/N-ethyl adjacent to an activating group) is 2. The van der Waals surface area contributed by atoms with Crippen LogP contribution in [-0.4, -0.2) is 235 Å². The Hall–Kier alpha value is -14.1. The molecule has 16 aromatic rings. The number of fused-ring (bicyclic) bond motifs is 8. The van der Waals surface area contributed by atoms with E-state index in [9.17, 15) is 26.3 Å². The van der Waals surface area contributed by atoms with Crippen LogP contribution in [0.1, 0.15) is 155 Å². The molecule has 5 aliphatic rings. The van der Waals surface area contributed by atoms with Crippen LogP contribution < -0.4 is 26.6 Å². The van der Waals surface area contributed by atoms with Crippen LogP contribution in [0.15, 0.2) is 122 Å². The van der Waals surface area contributed by atoms with Crippen molar-refractivity contribution in [3.63, 3.8) is 0 Å². The molecule has 12 aromatic heterocycles. The molecule has 16 heterocycles. The lowest BCUT2D eigenvalue weighted by molar-refractivity contribution is 0.218. The van der Waals surface area contributed by atoms with E-state index < -0.39 is 46.5 Å². The summed E-state index contributed by atoms with van der Waals surface area (Å²) >= 11 is 0. The van der Waals surface area contributed by atoms with Crippen LogP contribution in [0.2, 0.25) is 0 Å². The van der Waals surface area contributed by atoms with Crippen molar-refractivity contribution in [3.8, 4) is 57.4 Å². The van der Waals surface area contributed by atoms with Crippen LogP contribution in [0.5, 0.6) is 0 Å². The summed E-state index contributed by atoms with van der Waals surface area (Å²) in [7, 11) is 10.4. The number of pyridine rings is 4. The molecule has 0 spiro atoms. The van der Waals surface area contributed by atoms with E-state index in [4.69, 9.17) is 21.4 Å². The first-order valence-corrected chi connectivity index (χ1v) is 50.0. The third-order valence-electron chi connectivity index (χ3n) is 26.8. The van der Waals surface area contributed by atoms with Gasteiger partial charge in [0.25, 0.3) is 0 Å². The molecular formula is C109H124ClF8N31. The van der Waals surface area contributed by atoms with Crippen LogP contribution in [0.3, 0.4) is 0 Å². The number of aryl methyl sites for hydroxylation is 4. The van der Waals surface area contributed by atoms with Gasteiger partial charge in [-0.15, -0.1) is 18.8 Å². The van der Waals surface area contributed by atoms with Crippen LogP contribution in [0, 0.1) is 86.6 Å². The first-order valence-electron chi connectivity index (χ1n) is 50.0. The van der Waals surface area contributed by atoms with Gasteiger partial charge in [0.15, 0.2) is 46.5 Å². The minimum Gasteiger partial charge on any atom is -0.326 e. The van der Waals surface area contributed by atoms with Crippen LogP contribution >= 0.6 is 12.4 Å². The minimum absolute atomic E-state index is 0. The van der Waals surface area contributed by atoms with Crippen molar-refractivity contribution in [2.75, 3.05) is 128 Å². The maximum absolute atomic E-state index is 15.1. The van der Waals surface area contributed by atoms with Gasteiger partial charge < -0.3 is 54.7 Å². The average molecular weight is 2060 g/mol. The molecule has 0 saturated heterocycles. The zero-order chi connectivity index (χ0) is 105. The van der Waals surface area contributed by atoms with Crippen LogP contribution in [0.4, 0.5) is 82.2 Å². The second kappa shape index (κ2) is 44.7. The molecule has 778 valence electrons. The highest BCUT2D eigenvalue weighted by molar-refractivity contribution is 5.87. The Balaban J connectivity index is 0.000000135. The summed E-state index contributed by atoms with van der Waals surface area (Å²) in [4.78, 5) is 84.2. The summed E-state index contributed by atoms with van der Waals surface area (Å²) in [6, 6.07) is 28.1. The number of benzene rings is 4. The fourth-order valence-electron chi connectivity index (χ4n) is 19.8. The number of hydrogen-bond acceptors (Lipinski definition) is 27. The molecule has 0 atom stereocenters. The topological polar surface area (TPSA) is 306 Å². The van der Waals surface area contributed by atoms with Crippen molar-refractivity contribution in [1.29, 1.82) is 0 Å². The lowest BCUT2D eigenvalue weighted by Crippen LogP contribution is -2.37. The molecule has 0 unspecified atom stereocenters. The maximum Gasteiger partial charge on any atom is 0.229 e. The minimum atomic E-state index is -0.641. The van der Waals surface area contributed by atoms with Gasteiger partial charge in [0.1, 0.15) is 91.4 Å². The largest absolute Gasteiger partial charge is 0.326 e. The molecule has 149 heavy (non-hydrogen) atoms. The van der Waals surface area contributed by atoms with E-state index in [0.717, 1.165) is 196 Å². The second-order valence-corrected chi connectivity index (χ2v) is 41.2. The Morgan fingerprint density at radius 1 is 0.403 bits per heavy atom. The number of rotatable bonds is 25. The quantitative estimate of drug-likeness (QED) is 0.0262. The highest BCUT2D eigenvalue weighted by atomic mass is 35.5. The summed E-state index contributed by atoms with van der Waals surface area (Å²) in [6.45, 7) is 37.2. The third-order valence-corrected chi connectivity index (χ3v) is 26.8. The van der Waals surface area contributed by atoms with Gasteiger partial charge in [0.2, 0.25) is 23.8 Å². The van der Waals surface area contributed by atoms with E-state index in [1.807, 2.05) is 145 Å². The molecule has 4 aliphatic heterocycles. The molecule has 40 heteroatoms. The number of aromatic nitrogens is 20. The highest BCUT2D eigenvalue weighted by Crippen LogP contribution is 2.42. The summed E-state index contributed by atoms with van der Waals surface area (Å²) in [6.07, 6.45) is 16.4. The molecule has 31 nitrogen and oxygen atoms in total. The van der Waals surface area contributed by atoms with Gasteiger partial charge in [0.05, 0.1) is 53.4 Å². The van der Waals surface area contributed by atoms with Gasteiger partial charge in [-0.25, -0.2) is 115 Å². The number of hydrogen-bond donors (Lipinski definition) is 5. The van der Waals surface area contributed by atoms with Crippen LogP contribution in [0.25, 0.3) is 89.2 Å². The lowest BCUT2D eigenvalue weighted by atomic mass is 10.1. The van der Waals surface area contributed by atoms with Crippen molar-refractivity contribution < 1.29 is 35.1 Å². The van der Waals surface area contributed by atoms with Gasteiger partial charge in [-0.05, 0) is 246 Å². The van der Waals surface area contributed by atoms with E-state index in [0.29, 0.717) is 103 Å². The number of nitrogens with one attached hydrogen (secondary N) is 5. The number of imidazole rings is 4. The maximum atomic E-state index is 15.1. The average Bonchev–Trinajstić information content (AvgIpc) is 1.62. The molecule has 0 amide bonds. The van der Waals surface area contributed by atoms with Crippen molar-refractivity contribution >= 4 is 104 Å². The Labute approximate surface area is 866 Å². The van der Waals surface area contributed by atoms with E-state index >= 15 is 8.78 Å². The smallest absolute Gasteiger partial charge is 0.229 e. The molecule has 4 aromatic carbocycles. The molecule has 1 saturated carbocycles. The van der Waals surface area contributed by atoms with Crippen molar-refractivity contribution in [1.82, 2.24) is 133 Å². The Kier molecular flexibility index (Phi) is 31.9. The zero-order valence-corrected chi connectivity index (χ0v) is 87.7. The first kappa shape index (κ1) is 106. The number of halogens is 9. The van der Waals surface area contributed by atoms with E-state index in [-0.39, 0.29) is 92.6 Å². The van der Waals surface area contributed by atoms with Gasteiger partial charge >= 0.3 is 0 Å². The van der Waals surface area contributed by atoms with Gasteiger partial charge in [0, 0.05) is 172 Å². The standard InChI is InChI=1S/C29H32F2N8.C28H32F2N8.C28H34F2N8.C24H25F2N7.ClH/c1-6-10-37(5)12-13-38-11-9-24-20(17-38)7-8-26(34-24)35-29-32-16-23(31)27(36-29)21-14-22(30)28-25(15-21)39(18(2)3)19(4)33-28;1-17-32-27-21(29)13-19(14-24(27)38(17)20-6-7-20)26-22(30)15-31-28(35-26)34-25-8-5-18-16-37(11-4-10-36(2)3)12-9-23(18)33-25;1-17-32-26-20(29)13-19(14-23(26)38(17)28(2,3)4)25-21(30)15-31-27(35-25)34-24-8-7-18-16-37(12-11-36(5)6)10-9-22(18)33-24;1-13-29-22-16(25)9-15(10-19(22)33(13)24(2,3)4)21-17(26)12-28-23(32-21)31-20-6-5-14-11-27-8-7-18(14)30-20;/h1,7-8,14-16,18H,9-13,17H2,2-5H3,(H,32,34,35,36);5,8,13-15,20H,4,6-7,9-12,16H2,1-3H3,(H,31,33,34,35);7-8,13-15H,9-12,16H2,1-6H3,(H,31,33,34,35);5-6,9-10,12,27H,7-8,11H2,1-4H3,(H,28,30,31,32);1H. The fraction of sp³-hybridized carbons (Fsp3) is 0.394. The van der Waals surface area contributed by atoms with Crippen LogP contribution in [-0.2, 0) is 62.9 Å². The highest BCUT2D eigenvalue weighted by Gasteiger charge is 2.33. The molecule has 1 aliphatic carbocycles. The van der Waals surface area contributed by atoms with Crippen molar-refractivity contribution in [3.05, 3.63) is 237 Å². The Morgan fingerprint density at radius 2 is 0.745 bits per heavy atom. The monoisotopic (exact) mass is 2050 g/mol. The van der Waals surface area contributed by atoms with Crippen molar-refractivity contribution in [2.24, 2.45) is 0 Å². The molecule has 1 fully saturated rings. The van der Waals surface area contributed by atoms with Gasteiger partial charge in [-0.1, -0.05) is 30.2 Å². The van der Waals surface area contributed by atoms with Gasteiger partial charge in [-0.3, -0.25) is 19.6 Å². The van der Waals surface area contributed by atoms with Crippen molar-refractivity contribution in [2.45, 2.75) is 177 Å². The molecule has 5 N–H and O–H groups in total. The Morgan fingerprint density at radius 3 is 1.12 bits per heavy atom. The van der Waals surface area contributed by atoms with E-state index in [2.05, 4.69) is 167 Å². The summed E-state index contributed by atoms with van der Waals surface area (Å²) in [5.74, 6) is 4.04. The molecule has 0 bridgehead atoms. The molecular weight excluding hydrogens is 1930 g/mol. The summed E-state index contributed by atoms with van der Waals surface area (Å²) in [5, 5.41) is 15.7. The molecule has 21 rings (SSSR count). The van der Waals surface area contributed by atoms with Gasteiger partial charge in [-0.2, -0.15) is 0 Å².